The molecule has 0 radical (unpaired) electrons. The summed E-state index contributed by atoms with van der Waals surface area (Å²) in [6, 6.07) is -1.01. The Morgan fingerprint density at radius 1 is 1.06 bits per heavy atom. The largest absolute Gasteiger partial charge is 0.351 e. The van der Waals surface area contributed by atoms with E-state index >= 15 is 0 Å². The van der Waals surface area contributed by atoms with E-state index in [1.807, 2.05) is 0 Å². The lowest BCUT2D eigenvalue weighted by molar-refractivity contribution is 0.253. The van der Waals surface area contributed by atoms with Crippen LogP contribution in [-0.4, -0.2) is 20.2 Å². The summed E-state index contributed by atoms with van der Waals surface area (Å²) in [6.07, 6.45) is 7.31. The van der Waals surface area contributed by atoms with Crippen LogP contribution in [0.15, 0.2) is 0 Å². The fraction of sp³-hybridized carbons (Fsp3) is 0.900. The molecule has 96 valence electrons. The minimum atomic E-state index is -3.50. The van der Waals surface area contributed by atoms with E-state index < -0.39 is 16.1 Å². The number of hydrogen-bond donors (Lipinski definition) is 2. The second-order valence-electron chi connectivity index (χ2n) is 3.91. The number of unbranched alkanes of at least 4 members (excludes halogenated alkanes) is 6. The Bertz CT molecular complexity index is 288. The van der Waals surface area contributed by atoms with Crippen molar-refractivity contribution in [1.82, 2.24) is 4.72 Å². The van der Waals surface area contributed by atoms with Crippen molar-refractivity contribution in [1.29, 1.82) is 0 Å². The van der Waals surface area contributed by atoms with Crippen LogP contribution in [0.1, 0.15) is 51.9 Å². The highest BCUT2D eigenvalue weighted by molar-refractivity contribution is 7.90. The van der Waals surface area contributed by atoms with Crippen LogP contribution in [0.5, 0.6) is 0 Å². The summed E-state index contributed by atoms with van der Waals surface area (Å²) < 4.78 is 24.1. The Morgan fingerprint density at radius 3 is 2.06 bits per heavy atom. The third-order valence-electron chi connectivity index (χ3n) is 2.27. The smallest absolute Gasteiger partial charge is 0.325 e. The summed E-state index contributed by atoms with van der Waals surface area (Å²) in [5.41, 5.74) is 4.73. The van der Waals surface area contributed by atoms with E-state index in [0.717, 1.165) is 19.3 Å². The lowest BCUT2D eigenvalue weighted by atomic mass is 10.1. The first-order chi connectivity index (χ1) is 7.48. The van der Waals surface area contributed by atoms with Gasteiger partial charge in [0.25, 0.3) is 0 Å². The van der Waals surface area contributed by atoms with Crippen molar-refractivity contribution in [2.75, 3.05) is 5.75 Å². The third kappa shape index (κ3) is 9.76. The van der Waals surface area contributed by atoms with Gasteiger partial charge in [0.1, 0.15) is 0 Å². The lowest BCUT2D eigenvalue weighted by Crippen LogP contribution is -2.36. The van der Waals surface area contributed by atoms with Crippen LogP contribution >= 0.6 is 0 Å². The Balaban J connectivity index is 3.47. The van der Waals surface area contributed by atoms with E-state index in [-0.39, 0.29) is 5.75 Å². The molecule has 6 heteroatoms. The van der Waals surface area contributed by atoms with Crippen molar-refractivity contribution in [3.05, 3.63) is 0 Å². The first kappa shape index (κ1) is 15.2. The molecule has 2 amide bonds. The van der Waals surface area contributed by atoms with Crippen molar-refractivity contribution in [2.45, 2.75) is 51.9 Å². The van der Waals surface area contributed by atoms with Gasteiger partial charge in [-0.05, 0) is 6.42 Å². The number of carbonyl (C=O) groups excluding carboxylic acids is 1. The van der Waals surface area contributed by atoms with Crippen molar-refractivity contribution in [3.8, 4) is 0 Å². The molecule has 5 nitrogen and oxygen atoms in total. The molecule has 0 aliphatic heterocycles. The standard InChI is InChI=1S/C10H22N2O3S/c1-2-3-4-5-6-7-8-9-16(14,15)12-10(11)13/h2-9H2,1H3,(H3,11,12,13). The Hall–Kier alpha value is -0.780. The summed E-state index contributed by atoms with van der Waals surface area (Å²) in [5.74, 6) is -0.0241. The summed E-state index contributed by atoms with van der Waals surface area (Å²) in [4.78, 5) is 10.4. The molecule has 0 saturated heterocycles. The summed E-state index contributed by atoms with van der Waals surface area (Å²) in [7, 11) is -3.50. The Labute approximate surface area is 97.8 Å². The topological polar surface area (TPSA) is 89.3 Å². The number of carbonyl (C=O) groups is 1. The summed E-state index contributed by atoms with van der Waals surface area (Å²) in [6.45, 7) is 2.15. The van der Waals surface area contributed by atoms with Gasteiger partial charge in [-0.15, -0.1) is 0 Å². The van der Waals surface area contributed by atoms with Gasteiger partial charge in [-0.1, -0.05) is 45.4 Å². The molecule has 0 saturated carbocycles. The second kappa shape index (κ2) is 8.38. The molecule has 0 aromatic heterocycles. The van der Waals surface area contributed by atoms with Gasteiger partial charge < -0.3 is 5.73 Å². The first-order valence-corrected chi connectivity index (χ1v) is 7.43. The number of nitrogens with two attached hydrogens (primary N) is 1. The quantitative estimate of drug-likeness (QED) is 0.611. The molecule has 0 aromatic carbocycles. The van der Waals surface area contributed by atoms with Gasteiger partial charge in [-0.3, -0.25) is 0 Å². The van der Waals surface area contributed by atoms with Crippen molar-refractivity contribution < 1.29 is 13.2 Å². The van der Waals surface area contributed by atoms with Gasteiger partial charge in [0, 0.05) is 0 Å². The zero-order valence-electron chi connectivity index (χ0n) is 9.87. The zero-order chi connectivity index (χ0) is 12.4. The Kier molecular flexibility index (Phi) is 7.97. The normalized spacial score (nSPS) is 11.3. The minimum Gasteiger partial charge on any atom is -0.351 e. The predicted octanol–water partition coefficient (Wildman–Crippen LogP) is 1.74. The number of hydrogen-bond acceptors (Lipinski definition) is 3. The first-order valence-electron chi connectivity index (χ1n) is 5.78. The average Bonchev–Trinajstić information content (AvgIpc) is 2.14. The van der Waals surface area contributed by atoms with Crippen molar-refractivity contribution in [2.24, 2.45) is 5.73 Å². The minimum absolute atomic E-state index is 0.0241. The maximum Gasteiger partial charge on any atom is 0.325 e. The molecular formula is C10H22N2O3S. The van der Waals surface area contributed by atoms with Crippen LogP contribution in [-0.2, 0) is 10.0 Å². The number of primary amides is 1. The van der Waals surface area contributed by atoms with E-state index in [2.05, 4.69) is 6.92 Å². The van der Waals surface area contributed by atoms with Crippen LogP contribution in [0.2, 0.25) is 0 Å². The molecule has 0 aromatic rings. The fourth-order valence-electron chi connectivity index (χ4n) is 1.45. The molecule has 0 atom stereocenters. The monoisotopic (exact) mass is 250 g/mol. The molecule has 0 rings (SSSR count). The molecule has 0 aliphatic rings. The molecule has 0 aliphatic carbocycles. The molecule has 0 spiro atoms. The molecule has 0 bridgehead atoms. The van der Waals surface area contributed by atoms with Crippen molar-refractivity contribution in [3.63, 3.8) is 0 Å². The highest BCUT2D eigenvalue weighted by atomic mass is 32.2. The highest BCUT2D eigenvalue weighted by Crippen LogP contribution is 2.07. The van der Waals surface area contributed by atoms with Crippen LogP contribution in [0.3, 0.4) is 0 Å². The Morgan fingerprint density at radius 2 is 1.56 bits per heavy atom. The van der Waals surface area contributed by atoms with Crippen molar-refractivity contribution >= 4 is 16.1 Å². The molecule has 16 heavy (non-hydrogen) atoms. The summed E-state index contributed by atoms with van der Waals surface area (Å²) >= 11 is 0. The van der Waals surface area contributed by atoms with Gasteiger partial charge >= 0.3 is 6.03 Å². The molecule has 0 heterocycles. The SMILES string of the molecule is CCCCCCCCCS(=O)(=O)NC(N)=O. The highest BCUT2D eigenvalue weighted by Gasteiger charge is 2.10. The fourth-order valence-corrected chi connectivity index (χ4v) is 2.45. The van der Waals surface area contributed by atoms with Gasteiger partial charge in [0.15, 0.2) is 0 Å². The second-order valence-corrected chi connectivity index (χ2v) is 5.75. The number of sulfonamides is 1. The lowest BCUT2D eigenvalue weighted by Gasteiger charge is -2.04. The van der Waals surface area contributed by atoms with E-state index in [1.165, 1.54) is 19.3 Å². The van der Waals surface area contributed by atoms with Gasteiger partial charge in [-0.25, -0.2) is 17.9 Å². The zero-order valence-corrected chi connectivity index (χ0v) is 10.7. The van der Waals surface area contributed by atoms with Crippen LogP contribution < -0.4 is 10.5 Å². The van der Waals surface area contributed by atoms with E-state index in [0.29, 0.717) is 6.42 Å². The van der Waals surface area contributed by atoms with E-state index in [1.54, 1.807) is 4.72 Å². The maximum atomic E-state index is 11.2. The number of nitrogens with one attached hydrogen (secondary N) is 1. The molecule has 3 N–H and O–H groups in total. The van der Waals surface area contributed by atoms with Gasteiger partial charge in [0.05, 0.1) is 5.75 Å². The third-order valence-corrected chi connectivity index (χ3v) is 3.61. The maximum absolute atomic E-state index is 11.2. The number of rotatable bonds is 9. The van der Waals surface area contributed by atoms with Crippen LogP contribution in [0.25, 0.3) is 0 Å². The van der Waals surface area contributed by atoms with Gasteiger partial charge in [-0.2, -0.15) is 0 Å². The van der Waals surface area contributed by atoms with Crippen LogP contribution in [0.4, 0.5) is 4.79 Å². The van der Waals surface area contributed by atoms with E-state index in [9.17, 15) is 13.2 Å². The van der Waals surface area contributed by atoms with E-state index in [4.69, 9.17) is 5.73 Å². The predicted molar refractivity (Wildman–Crippen MR) is 64.5 cm³/mol. The number of urea groups is 1. The molecular weight excluding hydrogens is 228 g/mol. The molecule has 0 fully saturated rings. The molecule has 0 unspecified atom stereocenters. The number of amides is 2. The average molecular weight is 250 g/mol. The van der Waals surface area contributed by atoms with Gasteiger partial charge in [0.2, 0.25) is 10.0 Å². The summed E-state index contributed by atoms with van der Waals surface area (Å²) in [5, 5.41) is 0. The van der Waals surface area contributed by atoms with Crippen LogP contribution in [0, 0.1) is 0 Å².